The molecule has 0 spiro atoms. The van der Waals surface area contributed by atoms with Crippen molar-refractivity contribution in [3.63, 3.8) is 0 Å². The molecule has 1 aliphatic carbocycles. The van der Waals surface area contributed by atoms with Crippen LogP contribution in [0.3, 0.4) is 0 Å². The molecule has 1 heterocycles. The maximum atomic E-state index is 14.2. The zero-order valence-corrected chi connectivity index (χ0v) is 23.8. The first-order chi connectivity index (χ1) is 19.0. The third kappa shape index (κ3) is 7.42. The molecule has 8 nitrogen and oxygen atoms in total. The number of benzene rings is 1. The maximum absolute atomic E-state index is 14.2. The molecule has 3 atom stereocenters. The fourth-order valence-electron chi connectivity index (χ4n) is 5.60. The van der Waals surface area contributed by atoms with Crippen LogP contribution in [0.25, 0.3) is 0 Å². The van der Waals surface area contributed by atoms with Gasteiger partial charge in [0.25, 0.3) is 0 Å². The van der Waals surface area contributed by atoms with Crippen LogP contribution >= 0.6 is 0 Å². The van der Waals surface area contributed by atoms with Crippen LogP contribution in [-0.2, 0) is 29.6 Å². The number of primary amides is 1. The van der Waals surface area contributed by atoms with Gasteiger partial charge in [-0.1, -0.05) is 31.6 Å². The minimum absolute atomic E-state index is 0.0265. The van der Waals surface area contributed by atoms with Gasteiger partial charge in [0.1, 0.15) is 17.5 Å². The summed E-state index contributed by atoms with van der Waals surface area (Å²) < 4.78 is 30.1. The summed E-state index contributed by atoms with van der Waals surface area (Å²) in [5.41, 5.74) is 5.95. The van der Waals surface area contributed by atoms with E-state index in [-0.39, 0.29) is 30.9 Å². The van der Waals surface area contributed by atoms with Crippen molar-refractivity contribution in [1.82, 2.24) is 19.8 Å². The number of carbonyl (C=O) groups is 2. The number of imidazole rings is 1. The van der Waals surface area contributed by atoms with Crippen molar-refractivity contribution in [2.45, 2.75) is 59.1 Å². The highest BCUT2D eigenvalue weighted by Gasteiger charge is 2.48. The molecule has 1 unspecified atom stereocenters. The van der Waals surface area contributed by atoms with Crippen LogP contribution in [0.15, 0.2) is 53.9 Å². The standard InChI is InChI=1S/C30H41F2N5O3/c1-5-8-37(9-6-2)28(39)22-11-20(3)16-30(17-22,29(33)40)25(14-21-12-23(31)15-24(32)13-21)26(38)18-34-19-27-35-7-10-36(27)4/h7,10-13,15-16,25-26,34,38H,5-6,8-9,14,17-19H2,1-4H3,(H2,33,40)/t25-,26+,30?/m1/s1. The van der Waals surface area contributed by atoms with Gasteiger partial charge in [0.2, 0.25) is 11.8 Å². The van der Waals surface area contributed by atoms with Gasteiger partial charge in [-0.25, -0.2) is 13.8 Å². The Balaban J connectivity index is 1.99. The summed E-state index contributed by atoms with van der Waals surface area (Å²) in [4.78, 5) is 32.9. The average molecular weight is 558 g/mol. The highest BCUT2D eigenvalue weighted by atomic mass is 19.1. The highest BCUT2D eigenvalue weighted by molar-refractivity contribution is 5.96. The normalized spacial score (nSPS) is 18.6. The van der Waals surface area contributed by atoms with Gasteiger partial charge in [-0.05, 0) is 50.3 Å². The molecule has 4 N–H and O–H groups in total. The molecule has 218 valence electrons. The molecule has 2 aromatic rings. The summed E-state index contributed by atoms with van der Waals surface area (Å²) in [7, 11) is 1.85. The van der Waals surface area contributed by atoms with Crippen LogP contribution < -0.4 is 11.1 Å². The first-order valence-corrected chi connectivity index (χ1v) is 13.8. The first kappa shape index (κ1) is 31.2. The summed E-state index contributed by atoms with van der Waals surface area (Å²) >= 11 is 0. The number of aromatic nitrogens is 2. The number of rotatable bonds is 14. The van der Waals surface area contributed by atoms with Crippen molar-refractivity contribution in [2.75, 3.05) is 19.6 Å². The molecule has 0 saturated carbocycles. The molecule has 1 aliphatic rings. The number of nitrogens with two attached hydrogens (primary N) is 1. The van der Waals surface area contributed by atoms with E-state index >= 15 is 0 Å². The van der Waals surface area contributed by atoms with Crippen molar-refractivity contribution in [2.24, 2.45) is 24.1 Å². The Hall–Kier alpha value is -3.37. The lowest BCUT2D eigenvalue weighted by Crippen LogP contribution is -2.51. The van der Waals surface area contributed by atoms with Gasteiger partial charge in [-0.2, -0.15) is 0 Å². The second-order valence-electron chi connectivity index (χ2n) is 10.7. The number of hydrogen-bond donors (Lipinski definition) is 3. The van der Waals surface area contributed by atoms with Crippen LogP contribution in [0.1, 0.15) is 51.4 Å². The summed E-state index contributed by atoms with van der Waals surface area (Å²) in [6, 6.07) is 3.14. The number of aryl methyl sites for hydroxylation is 1. The molecule has 0 fully saturated rings. The lowest BCUT2D eigenvalue weighted by molar-refractivity contribution is -0.132. The Bertz CT molecular complexity index is 1230. The second-order valence-corrected chi connectivity index (χ2v) is 10.7. The predicted octanol–water partition coefficient (Wildman–Crippen LogP) is 3.40. The van der Waals surface area contributed by atoms with Gasteiger partial charge in [0.15, 0.2) is 0 Å². The largest absolute Gasteiger partial charge is 0.391 e. The molecule has 2 amide bonds. The minimum atomic E-state index is -1.47. The predicted molar refractivity (Wildman–Crippen MR) is 150 cm³/mol. The van der Waals surface area contributed by atoms with E-state index in [4.69, 9.17) is 5.73 Å². The van der Waals surface area contributed by atoms with E-state index in [9.17, 15) is 23.5 Å². The van der Waals surface area contributed by atoms with Crippen LogP contribution in [0.4, 0.5) is 8.78 Å². The number of amides is 2. The van der Waals surface area contributed by atoms with E-state index in [1.54, 1.807) is 36.4 Å². The molecule has 0 aliphatic heterocycles. The molecule has 0 bridgehead atoms. The molecule has 10 heteroatoms. The Kier molecular flexibility index (Phi) is 10.8. The lowest BCUT2D eigenvalue weighted by atomic mass is 9.63. The molecule has 1 aromatic carbocycles. The number of aliphatic hydroxyl groups is 1. The van der Waals surface area contributed by atoms with E-state index in [0.29, 0.717) is 30.8 Å². The number of aliphatic hydroxyl groups excluding tert-OH is 1. The van der Waals surface area contributed by atoms with Crippen molar-refractivity contribution in [3.8, 4) is 0 Å². The monoisotopic (exact) mass is 557 g/mol. The molecule has 40 heavy (non-hydrogen) atoms. The summed E-state index contributed by atoms with van der Waals surface area (Å²) in [6.45, 7) is 7.32. The number of allylic oxidation sites excluding steroid dienone is 2. The summed E-state index contributed by atoms with van der Waals surface area (Å²) in [5.74, 6) is -2.56. The third-order valence-corrected chi connectivity index (χ3v) is 7.44. The third-order valence-electron chi connectivity index (χ3n) is 7.44. The zero-order valence-electron chi connectivity index (χ0n) is 23.8. The van der Waals surface area contributed by atoms with Gasteiger partial charge >= 0.3 is 0 Å². The Labute approximate surface area is 235 Å². The molecule has 3 rings (SSSR count). The van der Waals surface area contributed by atoms with Gasteiger partial charge in [-0.3, -0.25) is 9.59 Å². The van der Waals surface area contributed by atoms with Crippen LogP contribution in [0, 0.1) is 23.0 Å². The molecular formula is C30H41F2N5O3. The second kappa shape index (κ2) is 13.8. The highest BCUT2D eigenvalue weighted by Crippen LogP contribution is 2.44. The number of nitrogens with zero attached hydrogens (tertiary/aromatic N) is 3. The van der Waals surface area contributed by atoms with E-state index in [1.807, 2.05) is 25.5 Å². The van der Waals surface area contributed by atoms with Gasteiger partial charge in [-0.15, -0.1) is 0 Å². The SMILES string of the molecule is CCCN(CCC)C(=O)C1=CC(C)=CC(C(N)=O)([C@H](Cc2cc(F)cc(F)c2)[C@@H](O)CNCc2nccn2C)C1. The first-order valence-electron chi connectivity index (χ1n) is 13.8. The number of hydrogen-bond acceptors (Lipinski definition) is 5. The molecule has 0 radical (unpaired) electrons. The maximum Gasteiger partial charge on any atom is 0.249 e. The van der Waals surface area contributed by atoms with Crippen molar-refractivity contribution in [3.05, 3.63) is 76.9 Å². The van der Waals surface area contributed by atoms with Gasteiger partial charge < -0.3 is 25.6 Å². The Morgan fingerprint density at radius 1 is 1.20 bits per heavy atom. The quantitative estimate of drug-likeness (QED) is 0.330. The lowest BCUT2D eigenvalue weighted by Gasteiger charge is -2.42. The van der Waals surface area contributed by atoms with Crippen LogP contribution in [0.5, 0.6) is 0 Å². The summed E-state index contributed by atoms with van der Waals surface area (Å²) in [6.07, 6.45) is 7.26. The smallest absolute Gasteiger partial charge is 0.249 e. The molecule has 1 aromatic heterocycles. The van der Waals surface area contributed by atoms with Crippen molar-refractivity contribution in [1.29, 1.82) is 0 Å². The van der Waals surface area contributed by atoms with E-state index in [0.717, 1.165) is 24.7 Å². The zero-order chi connectivity index (χ0) is 29.4. The van der Waals surface area contributed by atoms with E-state index in [2.05, 4.69) is 10.3 Å². The van der Waals surface area contributed by atoms with Gasteiger partial charge in [0, 0.05) is 56.6 Å². The topological polar surface area (TPSA) is 113 Å². The van der Waals surface area contributed by atoms with E-state index in [1.165, 1.54) is 12.1 Å². The fourth-order valence-corrected chi connectivity index (χ4v) is 5.60. The summed E-state index contributed by atoms with van der Waals surface area (Å²) in [5, 5.41) is 14.7. The molecule has 0 saturated heterocycles. The van der Waals surface area contributed by atoms with Crippen LogP contribution in [-0.4, -0.2) is 57.1 Å². The fraction of sp³-hybridized carbons (Fsp3) is 0.500. The number of carbonyl (C=O) groups excluding carboxylic acids is 2. The minimum Gasteiger partial charge on any atom is -0.391 e. The van der Waals surface area contributed by atoms with Crippen molar-refractivity contribution >= 4 is 11.8 Å². The Morgan fingerprint density at radius 3 is 2.40 bits per heavy atom. The Morgan fingerprint density at radius 2 is 1.85 bits per heavy atom. The van der Waals surface area contributed by atoms with Crippen molar-refractivity contribution < 1.29 is 23.5 Å². The number of halogens is 2. The number of nitrogens with one attached hydrogen (secondary N) is 1. The van der Waals surface area contributed by atoms with Crippen LogP contribution in [0.2, 0.25) is 0 Å². The van der Waals surface area contributed by atoms with E-state index < -0.39 is 35.0 Å². The molecular weight excluding hydrogens is 516 g/mol. The average Bonchev–Trinajstić information content (AvgIpc) is 3.29. The van der Waals surface area contributed by atoms with Gasteiger partial charge in [0.05, 0.1) is 18.1 Å².